The number of hydrogen-bond donors (Lipinski definition) is 0. The van der Waals surface area contributed by atoms with E-state index in [1.54, 1.807) is 23.2 Å². The van der Waals surface area contributed by atoms with Gasteiger partial charge in [-0.1, -0.05) is 59.8 Å². The predicted octanol–water partition coefficient (Wildman–Crippen LogP) is 4.50. The Balaban J connectivity index is 1.79. The number of carbonyl (C=O) groups is 1. The topological polar surface area (TPSA) is 45.0 Å². The minimum absolute atomic E-state index is 0.0636. The van der Waals surface area contributed by atoms with Crippen LogP contribution in [0.3, 0.4) is 0 Å². The Hall–Kier alpha value is -2.11. The summed E-state index contributed by atoms with van der Waals surface area (Å²) in [7, 11) is 0. The van der Waals surface area contributed by atoms with Gasteiger partial charge in [0, 0.05) is 5.02 Å². The van der Waals surface area contributed by atoms with Crippen molar-refractivity contribution in [3.05, 3.63) is 70.2 Å². The molecular weight excluding hydrogens is 354 g/mol. The molecule has 0 bridgehead atoms. The van der Waals surface area contributed by atoms with Gasteiger partial charge in [0.15, 0.2) is 5.17 Å². The van der Waals surface area contributed by atoms with Crippen LogP contribution in [0.25, 0.3) is 0 Å². The SMILES string of the molecule is Cc1ccccc1CN1C(=O)[C@H](C)S/C1=N\N=C/c1ccc(Cl)cc1. The number of thioether (sulfide) groups is 1. The van der Waals surface area contributed by atoms with Gasteiger partial charge in [0.05, 0.1) is 18.0 Å². The number of carbonyl (C=O) groups excluding carboxylic acids is 1. The summed E-state index contributed by atoms with van der Waals surface area (Å²) in [4.78, 5) is 14.2. The van der Waals surface area contributed by atoms with Crippen LogP contribution in [0.2, 0.25) is 5.02 Å². The molecule has 0 radical (unpaired) electrons. The van der Waals surface area contributed by atoms with E-state index in [4.69, 9.17) is 11.6 Å². The van der Waals surface area contributed by atoms with Crippen LogP contribution in [0.15, 0.2) is 58.7 Å². The van der Waals surface area contributed by atoms with Gasteiger partial charge in [-0.2, -0.15) is 5.10 Å². The molecule has 128 valence electrons. The van der Waals surface area contributed by atoms with Crippen LogP contribution in [-0.4, -0.2) is 27.4 Å². The lowest BCUT2D eigenvalue weighted by Gasteiger charge is -2.16. The van der Waals surface area contributed by atoms with Crippen LogP contribution >= 0.6 is 23.4 Å². The van der Waals surface area contributed by atoms with Crippen LogP contribution in [0, 0.1) is 6.92 Å². The van der Waals surface area contributed by atoms with Crippen LogP contribution in [0.4, 0.5) is 0 Å². The smallest absolute Gasteiger partial charge is 0.242 e. The van der Waals surface area contributed by atoms with Crippen LogP contribution in [0.5, 0.6) is 0 Å². The Labute approximate surface area is 156 Å². The molecule has 1 atom stereocenters. The number of rotatable bonds is 4. The Bertz CT molecular complexity index is 833. The third-order valence-corrected chi connectivity index (χ3v) is 5.26. The summed E-state index contributed by atoms with van der Waals surface area (Å²) in [5.74, 6) is 0.0636. The van der Waals surface area contributed by atoms with Crippen LogP contribution in [-0.2, 0) is 11.3 Å². The first-order valence-corrected chi connectivity index (χ1v) is 9.19. The molecule has 2 aromatic rings. The van der Waals surface area contributed by atoms with Gasteiger partial charge in [0.2, 0.25) is 5.91 Å². The summed E-state index contributed by atoms with van der Waals surface area (Å²) >= 11 is 7.31. The number of halogens is 1. The summed E-state index contributed by atoms with van der Waals surface area (Å²) in [5, 5.41) is 9.58. The third-order valence-electron chi connectivity index (χ3n) is 3.94. The molecule has 1 fully saturated rings. The minimum atomic E-state index is -0.145. The van der Waals surface area contributed by atoms with E-state index in [0.717, 1.165) is 16.7 Å². The maximum Gasteiger partial charge on any atom is 0.242 e. The molecular formula is C19H18ClN3OS. The summed E-state index contributed by atoms with van der Waals surface area (Å²) in [5.41, 5.74) is 3.17. The summed E-state index contributed by atoms with van der Waals surface area (Å²) < 4.78 is 0. The minimum Gasteiger partial charge on any atom is -0.284 e. The molecule has 0 unspecified atom stereocenters. The molecule has 0 saturated carbocycles. The molecule has 0 spiro atoms. The molecule has 1 saturated heterocycles. The highest BCUT2D eigenvalue weighted by atomic mass is 35.5. The van der Waals surface area contributed by atoms with Gasteiger partial charge in [-0.3, -0.25) is 9.69 Å². The van der Waals surface area contributed by atoms with Crippen molar-refractivity contribution in [2.45, 2.75) is 25.6 Å². The standard InChI is InChI=1S/C19H18ClN3OS/c1-13-5-3-4-6-16(13)12-23-18(24)14(2)25-19(23)22-21-11-15-7-9-17(20)10-8-15/h3-11,14H,12H2,1-2H3/b21-11-,22-19-/t14-/m0/s1. The summed E-state index contributed by atoms with van der Waals surface area (Å²) in [6.45, 7) is 4.45. The van der Waals surface area contributed by atoms with Crippen molar-refractivity contribution in [1.29, 1.82) is 0 Å². The average Bonchev–Trinajstić information content (AvgIpc) is 2.86. The predicted molar refractivity (Wildman–Crippen MR) is 105 cm³/mol. The second kappa shape index (κ2) is 7.85. The molecule has 6 heteroatoms. The molecule has 0 N–H and O–H groups in total. The van der Waals surface area contributed by atoms with Gasteiger partial charge in [-0.25, -0.2) is 0 Å². The maximum absolute atomic E-state index is 12.5. The van der Waals surface area contributed by atoms with Crippen molar-refractivity contribution >= 4 is 40.7 Å². The molecule has 1 aliphatic heterocycles. The second-order valence-electron chi connectivity index (χ2n) is 5.79. The number of benzene rings is 2. The largest absolute Gasteiger partial charge is 0.284 e. The van der Waals surface area contributed by atoms with E-state index in [-0.39, 0.29) is 11.2 Å². The van der Waals surface area contributed by atoms with Crippen molar-refractivity contribution in [1.82, 2.24) is 4.90 Å². The van der Waals surface area contributed by atoms with E-state index in [1.807, 2.05) is 50.2 Å². The zero-order valence-corrected chi connectivity index (χ0v) is 15.6. The molecule has 4 nitrogen and oxygen atoms in total. The summed E-state index contributed by atoms with van der Waals surface area (Å²) in [6, 6.07) is 15.4. The Morgan fingerprint density at radius 1 is 1.20 bits per heavy atom. The zero-order chi connectivity index (χ0) is 17.8. The molecule has 25 heavy (non-hydrogen) atoms. The molecule has 0 aliphatic carbocycles. The van der Waals surface area contributed by atoms with Crippen molar-refractivity contribution in [2.75, 3.05) is 0 Å². The molecule has 1 amide bonds. The Kier molecular flexibility index (Phi) is 5.56. The van der Waals surface area contributed by atoms with Crippen LogP contribution < -0.4 is 0 Å². The highest BCUT2D eigenvalue weighted by molar-refractivity contribution is 8.15. The maximum atomic E-state index is 12.5. The first-order chi connectivity index (χ1) is 12.0. The molecule has 3 rings (SSSR count). The fraction of sp³-hybridized carbons (Fsp3) is 0.211. The van der Waals surface area contributed by atoms with Crippen LogP contribution in [0.1, 0.15) is 23.6 Å². The first kappa shape index (κ1) is 17.7. The van der Waals surface area contributed by atoms with Gasteiger partial charge < -0.3 is 0 Å². The first-order valence-electron chi connectivity index (χ1n) is 7.94. The fourth-order valence-electron chi connectivity index (χ4n) is 2.46. The van der Waals surface area contributed by atoms with Gasteiger partial charge in [-0.05, 0) is 42.7 Å². The quantitative estimate of drug-likeness (QED) is 0.586. The lowest BCUT2D eigenvalue weighted by atomic mass is 10.1. The Morgan fingerprint density at radius 3 is 2.64 bits per heavy atom. The number of hydrogen-bond acceptors (Lipinski definition) is 4. The van der Waals surface area contributed by atoms with E-state index in [0.29, 0.717) is 16.7 Å². The van der Waals surface area contributed by atoms with Crippen molar-refractivity contribution < 1.29 is 4.79 Å². The lowest BCUT2D eigenvalue weighted by Crippen LogP contribution is -2.31. The third kappa shape index (κ3) is 4.30. The number of nitrogens with zero attached hydrogens (tertiary/aromatic N) is 3. The van der Waals surface area contributed by atoms with E-state index < -0.39 is 0 Å². The lowest BCUT2D eigenvalue weighted by molar-refractivity contribution is -0.126. The normalized spacial score (nSPS) is 19.3. The molecule has 2 aromatic carbocycles. The Morgan fingerprint density at radius 2 is 1.92 bits per heavy atom. The van der Waals surface area contributed by atoms with Gasteiger partial charge in [0.1, 0.15) is 0 Å². The average molecular weight is 372 g/mol. The highest BCUT2D eigenvalue weighted by Gasteiger charge is 2.35. The summed E-state index contributed by atoms with van der Waals surface area (Å²) in [6.07, 6.45) is 1.66. The monoisotopic (exact) mass is 371 g/mol. The van der Waals surface area contributed by atoms with E-state index in [9.17, 15) is 4.79 Å². The van der Waals surface area contributed by atoms with E-state index in [1.165, 1.54) is 11.8 Å². The molecule has 1 heterocycles. The zero-order valence-electron chi connectivity index (χ0n) is 14.0. The van der Waals surface area contributed by atoms with Gasteiger partial charge in [0.25, 0.3) is 0 Å². The molecule has 1 aliphatic rings. The van der Waals surface area contributed by atoms with E-state index in [2.05, 4.69) is 10.2 Å². The van der Waals surface area contributed by atoms with Gasteiger partial charge >= 0.3 is 0 Å². The van der Waals surface area contributed by atoms with Crippen molar-refractivity contribution in [3.8, 4) is 0 Å². The molecule has 0 aromatic heterocycles. The van der Waals surface area contributed by atoms with E-state index >= 15 is 0 Å². The number of amides is 1. The van der Waals surface area contributed by atoms with Crippen molar-refractivity contribution in [2.24, 2.45) is 10.2 Å². The highest BCUT2D eigenvalue weighted by Crippen LogP contribution is 2.29. The van der Waals surface area contributed by atoms with Gasteiger partial charge in [-0.15, -0.1) is 5.10 Å². The fourth-order valence-corrected chi connectivity index (χ4v) is 3.51. The second-order valence-corrected chi connectivity index (χ2v) is 7.53. The number of aryl methyl sites for hydroxylation is 1. The number of amidine groups is 1. The van der Waals surface area contributed by atoms with Crippen molar-refractivity contribution in [3.63, 3.8) is 0 Å².